The molecule has 1 heterocycles. The van der Waals surface area contributed by atoms with Gasteiger partial charge in [0.25, 0.3) is 0 Å². The van der Waals surface area contributed by atoms with Crippen molar-refractivity contribution in [3.63, 3.8) is 0 Å². The molecule has 3 atom stereocenters. The highest BCUT2D eigenvalue weighted by molar-refractivity contribution is 6.31. The zero-order chi connectivity index (χ0) is 14.3. The van der Waals surface area contributed by atoms with Crippen molar-refractivity contribution in [2.24, 2.45) is 5.92 Å². The molecular formula is C16H19ClN2O. The van der Waals surface area contributed by atoms with Crippen LogP contribution in [0.4, 0.5) is 0 Å². The van der Waals surface area contributed by atoms with E-state index in [1.54, 1.807) is 6.20 Å². The Kier molecular flexibility index (Phi) is 3.57. The van der Waals surface area contributed by atoms with Crippen LogP contribution in [0.1, 0.15) is 49.6 Å². The summed E-state index contributed by atoms with van der Waals surface area (Å²) in [6.45, 7) is 4.09. The third-order valence-corrected chi connectivity index (χ3v) is 4.32. The van der Waals surface area contributed by atoms with Gasteiger partial charge in [0.15, 0.2) is 0 Å². The minimum Gasteiger partial charge on any atom is -0.386 e. The second-order valence-electron chi connectivity index (χ2n) is 5.78. The van der Waals surface area contributed by atoms with Gasteiger partial charge in [-0.05, 0) is 37.7 Å². The van der Waals surface area contributed by atoms with Gasteiger partial charge in [-0.1, -0.05) is 41.9 Å². The molecule has 0 aliphatic heterocycles. The largest absolute Gasteiger partial charge is 0.386 e. The highest BCUT2D eigenvalue weighted by Crippen LogP contribution is 2.54. The third kappa shape index (κ3) is 2.36. The average Bonchev–Trinajstić information content (AvgIpc) is 3.15. The van der Waals surface area contributed by atoms with E-state index in [1.165, 1.54) is 5.56 Å². The molecular weight excluding hydrogens is 272 g/mol. The second kappa shape index (κ2) is 5.23. The molecule has 3 unspecified atom stereocenters. The lowest BCUT2D eigenvalue weighted by atomic mass is 10.0. The Morgan fingerprint density at radius 1 is 1.30 bits per heavy atom. The summed E-state index contributed by atoms with van der Waals surface area (Å²) in [5.41, 5.74) is 2.05. The molecule has 1 aromatic heterocycles. The molecule has 1 aliphatic rings. The zero-order valence-electron chi connectivity index (χ0n) is 11.7. The van der Waals surface area contributed by atoms with Crippen molar-refractivity contribution < 1.29 is 5.11 Å². The maximum Gasteiger partial charge on any atom is 0.101 e. The topological polar surface area (TPSA) is 38.0 Å². The van der Waals surface area contributed by atoms with E-state index in [-0.39, 0.29) is 12.0 Å². The Labute approximate surface area is 124 Å². The lowest BCUT2D eigenvalue weighted by Crippen LogP contribution is -2.13. The van der Waals surface area contributed by atoms with Crippen LogP contribution >= 0.6 is 11.6 Å². The predicted octanol–water partition coefficient (Wildman–Crippen LogP) is 3.95. The average molecular weight is 291 g/mol. The first-order valence-corrected chi connectivity index (χ1v) is 7.43. The van der Waals surface area contributed by atoms with Gasteiger partial charge >= 0.3 is 0 Å². The monoisotopic (exact) mass is 290 g/mol. The van der Waals surface area contributed by atoms with Crippen molar-refractivity contribution in [2.45, 2.75) is 38.3 Å². The molecule has 0 amide bonds. The van der Waals surface area contributed by atoms with Gasteiger partial charge in [0.2, 0.25) is 0 Å². The molecule has 0 spiro atoms. The van der Waals surface area contributed by atoms with E-state index in [4.69, 9.17) is 11.6 Å². The molecule has 3 rings (SSSR count). The van der Waals surface area contributed by atoms with Crippen LogP contribution in [0.2, 0.25) is 5.02 Å². The molecule has 1 fully saturated rings. The normalized spacial score (nSPS) is 23.1. The van der Waals surface area contributed by atoms with Crippen molar-refractivity contribution in [1.82, 2.24) is 9.78 Å². The van der Waals surface area contributed by atoms with Crippen molar-refractivity contribution in [2.75, 3.05) is 0 Å². The molecule has 4 heteroatoms. The predicted molar refractivity (Wildman–Crippen MR) is 79.9 cm³/mol. The number of nitrogens with zero attached hydrogens (tertiary/aromatic N) is 2. The Morgan fingerprint density at radius 3 is 2.65 bits per heavy atom. The van der Waals surface area contributed by atoms with E-state index in [1.807, 2.05) is 36.7 Å². The van der Waals surface area contributed by atoms with Gasteiger partial charge in [-0.3, -0.25) is 4.68 Å². The standard InChI is InChI=1S/C16H19ClN2O/c1-10(2)19-15(14(17)9-18-19)16(20)13-8-12(13)11-6-4-3-5-7-11/h3-7,9-10,12-13,16,20H,8H2,1-2H3. The Hall–Kier alpha value is -1.32. The maximum absolute atomic E-state index is 10.6. The van der Waals surface area contributed by atoms with E-state index in [2.05, 4.69) is 17.2 Å². The lowest BCUT2D eigenvalue weighted by molar-refractivity contribution is 0.138. The molecule has 20 heavy (non-hydrogen) atoms. The molecule has 1 aliphatic carbocycles. The van der Waals surface area contributed by atoms with Crippen molar-refractivity contribution in [3.8, 4) is 0 Å². The van der Waals surface area contributed by atoms with Crippen LogP contribution in [0.3, 0.4) is 0 Å². The first kappa shape index (κ1) is 13.7. The van der Waals surface area contributed by atoms with E-state index in [0.29, 0.717) is 10.9 Å². The van der Waals surface area contributed by atoms with Crippen molar-refractivity contribution in [1.29, 1.82) is 0 Å². The van der Waals surface area contributed by atoms with E-state index in [9.17, 15) is 5.11 Å². The SMILES string of the molecule is CC(C)n1ncc(Cl)c1C(O)C1CC1c1ccccc1. The minimum absolute atomic E-state index is 0.195. The van der Waals surface area contributed by atoms with Gasteiger partial charge in [-0.25, -0.2) is 0 Å². The van der Waals surface area contributed by atoms with Gasteiger partial charge in [-0.2, -0.15) is 5.10 Å². The van der Waals surface area contributed by atoms with Crippen LogP contribution in [0.25, 0.3) is 0 Å². The van der Waals surface area contributed by atoms with Gasteiger partial charge in [0.1, 0.15) is 6.10 Å². The summed E-state index contributed by atoms with van der Waals surface area (Å²) in [7, 11) is 0. The van der Waals surface area contributed by atoms with E-state index in [0.717, 1.165) is 12.1 Å². The third-order valence-electron chi connectivity index (χ3n) is 4.03. The second-order valence-corrected chi connectivity index (χ2v) is 6.18. The Bertz CT molecular complexity index is 594. The molecule has 1 N–H and O–H groups in total. The molecule has 0 bridgehead atoms. The van der Waals surface area contributed by atoms with Gasteiger partial charge in [-0.15, -0.1) is 0 Å². The maximum atomic E-state index is 10.6. The Balaban J connectivity index is 1.82. The van der Waals surface area contributed by atoms with E-state index < -0.39 is 6.10 Å². The highest BCUT2D eigenvalue weighted by atomic mass is 35.5. The number of hydrogen-bond acceptors (Lipinski definition) is 2. The summed E-state index contributed by atoms with van der Waals surface area (Å²) >= 11 is 6.21. The van der Waals surface area contributed by atoms with Crippen LogP contribution < -0.4 is 0 Å². The summed E-state index contributed by atoms with van der Waals surface area (Å²) in [4.78, 5) is 0. The number of benzene rings is 1. The smallest absolute Gasteiger partial charge is 0.101 e. The molecule has 0 radical (unpaired) electrons. The van der Waals surface area contributed by atoms with Gasteiger partial charge in [0, 0.05) is 6.04 Å². The van der Waals surface area contributed by atoms with Crippen LogP contribution in [-0.2, 0) is 0 Å². The fourth-order valence-corrected chi connectivity index (χ4v) is 3.13. The van der Waals surface area contributed by atoms with Gasteiger partial charge < -0.3 is 5.11 Å². The molecule has 106 valence electrons. The number of hydrogen-bond donors (Lipinski definition) is 1. The van der Waals surface area contributed by atoms with Crippen molar-refractivity contribution in [3.05, 3.63) is 52.8 Å². The summed E-state index contributed by atoms with van der Waals surface area (Å²) in [5.74, 6) is 0.668. The van der Waals surface area contributed by atoms with Crippen LogP contribution in [0.5, 0.6) is 0 Å². The van der Waals surface area contributed by atoms with E-state index >= 15 is 0 Å². The highest BCUT2D eigenvalue weighted by Gasteiger charge is 2.45. The van der Waals surface area contributed by atoms with Crippen LogP contribution in [0, 0.1) is 5.92 Å². The fraction of sp³-hybridized carbons (Fsp3) is 0.438. The van der Waals surface area contributed by atoms with Crippen molar-refractivity contribution >= 4 is 11.6 Å². The zero-order valence-corrected chi connectivity index (χ0v) is 12.5. The van der Waals surface area contributed by atoms with Crippen LogP contribution in [0.15, 0.2) is 36.5 Å². The number of halogens is 1. The molecule has 1 aromatic carbocycles. The molecule has 3 nitrogen and oxygen atoms in total. The lowest BCUT2D eigenvalue weighted by Gasteiger charge is -2.16. The number of rotatable bonds is 4. The number of aliphatic hydroxyl groups is 1. The minimum atomic E-state index is -0.544. The number of aliphatic hydroxyl groups excluding tert-OH is 1. The Morgan fingerprint density at radius 2 is 2.00 bits per heavy atom. The summed E-state index contributed by atoms with van der Waals surface area (Å²) in [5, 5.41) is 15.5. The number of aromatic nitrogens is 2. The summed E-state index contributed by atoms with van der Waals surface area (Å²) in [6, 6.07) is 10.5. The quantitative estimate of drug-likeness (QED) is 0.926. The molecule has 2 aromatic rings. The molecule has 1 saturated carbocycles. The fourth-order valence-electron chi connectivity index (χ4n) is 2.89. The first-order valence-electron chi connectivity index (χ1n) is 7.05. The molecule has 0 saturated heterocycles. The summed E-state index contributed by atoms with van der Waals surface area (Å²) < 4.78 is 1.83. The first-order chi connectivity index (χ1) is 9.59. The van der Waals surface area contributed by atoms with Crippen LogP contribution in [-0.4, -0.2) is 14.9 Å². The summed E-state index contributed by atoms with van der Waals surface area (Å²) in [6.07, 6.45) is 2.09. The van der Waals surface area contributed by atoms with Gasteiger partial charge in [0.05, 0.1) is 16.9 Å².